The Balaban J connectivity index is 2.21. The molecule has 0 unspecified atom stereocenters. The van der Waals surface area contributed by atoms with Gasteiger partial charge in [0.05, 0.1) is 21.2 Å². The minimum atomic E-state index is -1.06. The number of carboxylic acid groups (broad SMARTS) is 1. The van der Waals surface area contributed by atoms with Crippen LogP contribution < -0.4 is 5.32 Å². The second-order valence-corrected chi connectivity index (χ2v) is 4.34. The van der Waals surface area contributed by atoms with Crippen LogP contribution in [0.1, 0.15) is 10.4 Å². The number of aromatic carboxylic acids is 1. The van der Waals surface area contributed by atoms with Gasteiger partial charge in [-0.15, -0.1) is 0 Å². The minimum absolute atomic E-state index is 0.0112. The molecule has 0 atom stereocenters. The maximum Gasteiger partial charge on any atom is 0.335 e. The van der Waals surface area contributed by atoms with Crippen molar-refractivity contribution in [3.8, 4) is 0 Å². The number of carboxylic acids is 1. The zero-order chi connectivity index (χ0) is 14.7. The van der Waals surface area contributed by atoms with E-state index >= 15 is 0 Å². The lowest BCUT2D eigenvalue weighted by molar-refractivity contribution is -0.384. The number of nitro groups is 1. The third-order valence-electron chi connectivity index (χ3n) is 2.57. The quantitative estimate of drug-likeness (QED) is 0.662. The Hall–Kier alpha value is -2.60. The molecule has 0 amide bonds. The van der Waals surface area contributed by atoms with Crippen LogP contribution in [0, 0.1) is 10.1 Å². The molecule has 20 heavy (non-hydrogen) atoms. The molecular formula is C13H9ClN2O4. The fraction of sp³-hybridized carbons (Fsp3) is 0. The number of nitrogens with one attached hydrogen (secondary N) is 1. The summed E-state index contributed by atoms with van der Waals surface area (Å²) >= 11 is 5.97. The van der Waals surface area contributed by atoms with Crippen LogP contribution >= 0.6 is 11.6 Å². The van der Waals surface area contributed by atoms with Gasteiger partial charge >= 0.3 is 5.97 Å². The molecule has 0 aliphatic heterocycles. The van der Waals surface area contributed by atoms with Gasteiger partial charge in [0.1, 0.15) is 0 Å². The molecule has 0 saturated carbocycles. The van der Waals surface area contributed by atoms with Gasteiger partial charge in [0.2, 0.25) is 0 Å². The van der Waals surface area contributed by atoms with Gasteiger partial charge in [-0.1, -0.05) is 11.6 Å². The molecule has 0 aromatic heterocycles. The van der Waals surface area contributed by atoms with E-state index in [0.29, 0.717) is 11.4 Å². The topological polar surface area (TPSA) is 92.5 Å². The molecule has 6 nitrogen and oxygen atoms in total. The molecule has 0 aliphatic rings. The number of halogens is 1. The summed E-state index contributed by atoms with van der Waals surface area (Å²) in [6.07, 6.45) is 0. The molecule has 2 N–H and O–H groups in total. The van der Waals surface area contributed by atoms with E-state index < -0.39 is 10.9 Å². The summed E-state index contributed by atoms with van der Waals surface area (Å²) in [6, 6.07) is 10.1. The number of nitrogens with zero attached hydrogens (tertiary/aromatic N) is 1. The van der Waals surface area contributed by atoms with Crippen molar-refractivity contribution in [1.29, 1.82) is 0 Å². The van der Waals surface area contributed by atoms with Crippen LogP contribution in [-0.4, -0.2) is 16.0 Å². The second kappa shape index (κ2) is 5.58. The summed E-state index contributed by atoms with van der Waals surface area (Å²) in [5.41, 5.74) is 1.21. The van der Waals surface area contributed by atoms with Gasteiger partial charge in [0.15, 0.2) is 0 Å². The van der Waals surface area contributed by atoms with Gasteiger partial charge in [-0.25, -0.2) is 4.79 Å². The molecule has 2 aromatic rings. The molecule has 0 spiro atoms. The molecule has 2 rings (SSSR count). The number of non-ortho nitro benzene ring substituents is 1. The van der Waals surface area contributed by atoms with Crippen LogP contribution in [0.2, 0.25) is 5.02 Å². The molecule has 7 heteroatoms. The highest BCUT2D eigenvalue weighted by Crippen LogP contribution is 2.27. The van der Waals surface area contributed by atoms with Crippen molar-refractivity contribution >= 4 is 34.6 Å². The number of hydrogen-bond donors (Lipinski definition) is 2. The minimum Gasteiger partial charge on any atom is -0.478 e. The predicted molar refractivity (Wildman–Crippen MR) is 74.8 cm³/mol. The molecular weight excluding hydrogens is 284 g/mol. The van der Waals surface area contributed by atoms with Crippen molar-refractivity contribution in [2.75, 3.05) is 5.32 Å². The van der Waals surface area contributed by atoms with Gasteiger partial charge in [-0.2, -0.15) is 0 Å². The Kier molecular flexibility index (Phi) is 3.86. The van der Waals surface area contributed by atoms with Crippen LogP contribution in [0.5, 0.6) is 0 Å². The standard InChI is InChI=1S/C13H9ClN2O4/c14-11-7-8(13(17)18)1-6-12(11)15-9-2-4-10(5-3-9)16(19)20/h1-7,15H,(H,17,18). The average Bonchev–Trinajstić information content (AvgIpc) is 2.41. The van der Waals surface area contributed by atoms with Crippen LogP contribution in [-0.2, 0) is 0 Å². The van der Waals surface area contributed by atoms with Gasteiger partial charge in [0.25, 0.3) is 5.69 Å². The number of anilines is 2. The first kappa shape index (κ1) is 13.8. The molecule has 2 aromatic carbocycles. The van der Waals surface area contributed by atoms with Crippen LogP contribution in [0.25, 0.3) is 0 Å². The van der Waals surface area contributed by atoms with Crippen molar-refractivity contribution in [2.24, 2.45) is 0 Å². The lowest BCUT2D eigenvalue weighted by atomic mass is 10.2. The van der Waals surface area contributed by atoms with Gasteiger partial charge in [0, 0.05) is 17.8 Å². The summed E-state index contributed by atoms with van der Waals surface area (Å²) in [5.74, 6) is -1.06. The summed E-state index contributed by atoms with van der Waals surface area (Å²) in [6.45, 7) is 0. The van der Waals surface area contributed by atoms with Crippen molar-refractivity contribution in [3.05, 3.63) is 63.2 Å². The maximum atomic E-state index is 10.8. The molecule has 0 saturated heterocycles. The smallest absolute Gasteiger partial charge is 0.335 e. The van der Waals surface area contributed by atoms with Crippen molar-refractivity contribution in [3.63, 3.8) is 0 Å². The zero-order valence-electron chi connectivity index (χ0n) is 10.0. The Labute approximate surface area is 118 Å². The number of carbonyl (C=O) groups is 1. The van der Waals surface area contributed by atoms with E-state index in [1.807, 2.05) is 0 Å². The first-order chi connectivity index (χ1) is 9.47. The van der Waals surface area contributed by atoms with Gasteiger partial charge in [-0.3, -0.25) is 10.1 Å². The zero-order valence-corrected chi connectivity index (χ0v) is 10.8. The molecule has 0 radical (unpaired) electrons. The second-order valence-electron chi connectivity index (χ2n) is 3.93. The SMILES string of the molecule is O=C(O)c1ccc(Nc2ccc([N+](=O)[O-])cc2)c(Cl)c1. The van der Waals surface area contributed by atoms with Crippen molar-refractivity contribution in [1.82, 2.24) is 0 Å². The van der Waals surface area contributed by atoms with E-state index in [1.54, 1.807) is 12.1 Å². The van der Waals surface area contributed by atoms with E-state index in [9.17, 15) is 14.9 Å². The van der Waals surface area contributed by atoms with Crippen molar-refractivity contribution < 1.29 is 14.8 Å². The fourth-order valence-electron chi connectivity index (χ4n) is 1.57. The number of hydrogen-bond acceptors (Lipinski definition) is 4. The van der Waals surface area contributed by atoms with Crippen LogP contribution in [0.4, 0.5) is 17.1 Å². The fourth-order valence-corrected chi connectivity index (χ4v) is 1.80. The van der Waals surface area contributed by atoms with E-state index in [2.05, 4.69) is 5.32 Å². The van der Waals surface area contributed by atoms with Gasteiger partial charge in [-0.05, 0) is 30.3 Å². The van der Waals surface area contributed by atoms with Crippen LogP contribution in [0.15, 0.2) is 42.5 Å². The molecule has 0 heterocycles. The van der Waals surface area contributed by atoms with E-state index in [-0.39, 0.29) is 16.3 Å². The third kappa shape index (κ3) is 3.04. The summed E-state index contributed by atoms with van der Waals surface area (Å²) in [4.78, 5) is 20.8. The third-order valence-corrected chi connectivity index (χ3v) is 2.89. The Morgan fingerprint density at radius 3 is 2.35 bits per heavy atom. The normalized spacial score (nSPS) is 10.1. The molecule has 0 bridgehead atoms. The molecule has 0 fully saturated rings. The van der Waals surface area contributed by atoms with Crippen molar-refractivity contribution in [2.45, 2.75) is 0 Å². The highest BCUT2D eigenvalue weighted by Gasteiger charge is 2.08. The highest BCUT2D eigenvalue weighted by atomic mass is 35.5. The van der Waals surface area contributed by atoms with E-state index in [0.717, 1.165) is 0 Å². The maximum absolute atomic E-state index is 10.8. The molecule has 0 aliphatic carbocycles. The first-order valence-corrected chi connectivity index (χ1v) is 5.89. The summed E-state index contributed by atoms with van der Waals surface area (Å²) < 4.78 is 0. The number of benzene rings is 2. The first-order valence-electron chi connectivity index (χ1n) is 5.51. The summed E-state index contributed by atoms with van der Waals surface area (Å²) in [7, 11) is 0. The number of rotatable bonds is 4. The Morgan fingerprint density at radius 1 is 1.20 bits per heavy atom. The number of nitro benzene ring substituents is 1. The van der Waals surface area contributed by atoms with E-state index in [1.165, 1.54) is 30.3 Å². The van der Waals surface area contributed by atoms with Crippen LogP contribution in [0.3, 0.4) is 0 Å². The lowest BCUT2D eigenvalue weighted by Gasteiger charge is -2.08. The Morgan fingerprint density at radius 2 is 1.85 bits per heavy atom. The lowest BCUT2D eigenvalue weighted by Crippen LogP contribution is -1.98. The highest BCUT2D eigenvalue weighted by molar-refractivity contribution is 6.33. The monoisotopic (exact) mass is 292 g/mol. The average molecular weight is 293 g/mol. The Bertz CT molecular complexity index is 671. The van der Waals surface area contributed by atoms with Gasteiger partial charge < -0.3 is 10.4 Å². The predicted octanol–water partition coefficient (Wildman–Crippen LogP) is 3.69. The molecule has 102 valence electrons. The largest absolute Gasteiger partial charge is 0.478 e. The summed E-state index contributed by atoms with van der Waals surface area (Å²) in [5, 5.41) is 22.6. The van der Waals surface area contributed by atoms with E-state index in [4.69, 9.17) is 16.7 Å².